The van der Waals surface area contributed by atoms with Gasteiger partial charge in [-0.25, -0.2) is 0 Å². The molecule has 0 spiro atoms. The first-order chi connectivity index (χ1) is 5.56. The fraction of sp³-hybridized carbons (Fsp3) is 0.714. The van der Waals surface area contributed by atoms with E-state index in [-0.39, 0.29) is 11.1 Å². The molecule has 4 nitrogen and oxygen atoms in total. The minimum absolute atomic E-state index is 0.0448. The molecule has 0 heterocycles. The zero-order valence-electron chi connectivity index (χ0n) is 7.50. The molecule has 0 aromatic rings. The number of guanidine groups is 1. The Kier molecular flexibility index (Phi) is 5.53. The summed E-state index contributed by atoms with van der Waals surface area (Å²) in [6.45, 7) is 4.26. The number of nitrogens with two attached hydrogens (primary N) is 2. The lowest BCUT2D eigenvalue weighted by Gasteiger charge is -2.05. The Balaban J connectivity index is 3.65. The average molecular weight is 188 g/mol. The van der Waals surface area contributed by atoms with E-state index in [1.54, 1.807) is 0 Å². The van der Waals surface area contributed by atoms with Crippen molar-refractivity contribution in [2.75, 3.05) is 5.75 Å². The summed E-state index contributed by atoms with van der Waals surface area (Å²) in [6, 6.07) is 0. The third-order valence-corrected chi connectivity index (χ3v) is 2.53. The molecule has 12 heavy (non-hydrogen) atoms. The number of hydrogen-bond acceptors (Lipinski definition) is 2. The first-order valence-electron chi connectivity index (χ1n) is 3.87. The maximum atomic E-state index is 7.30. The predicted octanol–water partition coefficient (Wildman–Crippen LogP) is 0.974. The van der Waals surface area contributed by atoms with Crippen molar-refractivity contribution in [1.82, 2.24) is 0 Å². The van der Waals surface area contributed by atoms with Gasteiger partial charge in [0.1, 0.15) is 0 Å². The van der Waals surface area contributed by atoms with Gasteiger partial charge in [0.15, 0.2) is 11.1 Å². The highest BCUT2D eigenvalue weighted by Crippen LogP contribution is 2.12. The third kappa shape index (κ3) is 6.03. The van der Waals surface area contributed by atoms with Crippen molar-refractivity contribution < 1.29 is 0 Å². The van der Waals surface area contributed by atoms with E-state index in [0.717, 1.165) is 12.2 Å². The second-order valence-electron chi connectivity index (χ2n) is 2.67. The normalized spacial score (nSPS) is 12.2. The Morgan fingerprint density at radius 1 is 1.58 bits per heavy atom. The molecule has 5 heteroatoms. The van der Waals surface area contributed by atoms with Crippen LogP contribution in [-0.4, -0.2) is 16.9 Å². The molecule has 1 unspecified atom stereocenters. The zero-order valence-corrected chi connectivity index (χ0v) is 8.32. The summed E-state index contributed by atoms with van der Waals surface area (Å²) in [5, 5.41) is 7.49. The number of thioether (sulfide) groups is 1. The number of nitrogens with one attached hydrogen (secondary N) is 1. The van der Waals surface area contributed by atoms with Crippen LogP contribution in [0, 0.1) is 11.3 Å². The second kappa shape index (κ2) is 5.88. The van der Waals surface area contributed by atoms with Crippen molar-refractivity contribution in [2.45, 2.75) is 20.3 Å². The smallest absolute Gasteiger partial charge is 0.193 e. The van der Waals surface area contributed by atoms with Crippen LogP contribution in [0.15, 0.2) is 4.99 Å². The molecule has 0 bridgehead atoms. The van der Waals surface area contributed by atoms with Crippen LogP contribution in [-0.2, 0) is 0 Å². The summed E-state index contributed by atoms with van der Waals surface area (Å²) in [7, 11) is 0. The van der Waals surface area contributed by atoms with Crippen molar-refractivity contribution in [1.29, 1.82) is 5.41 Å². The van der Waals surface area contributed by atoms with E-state index < -0.39 is 0 Å². The van der Waals surface area contributed by atoms with Gasteiger partial charge in [0.05, 0.1) is 0 Å². The molecule has 0 rings (SSSR count). The van der Waals surface area contributed by atoms with E-state index in [4.69, 9.17) is 16.9 Å². The summed E-state index contributed by atoms with van der Waals surface area (Å²) in [5.74, 6) is 1.45. The topological polar surface area (TPSA) is 88.2 Å². The molecular formula is C7H16N4S. The van der Waals surface area contributed by atoms with Crippen LogP contribution in [0.5, 0.6) is 0 Å². The van der Waals surface area contributed by atoms with E-state index in [1.807, 2.05) is 0 Å². The number of rotatable bonds is 3. The quantitative estimate of drug-likeness (QED) is 0.455. The van der Waals surface area contributed by atoms with Crippen molar-refractivity contribution in [3.05, 3.63) is 0 Å². The van der Waals surface area contributed by atoms with E-state index in [9.17, 15) is 0 Å². The SMILES string of the molecule is CCC(C)CSC(=N)N=C(N)N. The predicted molar refractivity (Wildman–Crippen MR) is 55.4 cm³/mol. The standard InChI is InChI=1S/C7H16N4S/c1-3-5(2)4-12-7(10)11-6(8)9/h5H,3-4H2,1-2H3,(H5,8,9,10,11). The molecule has 0 saturated carbocycles. The monoisotopic (exact) mass is 188 g/mol. The number of amidine groups is 1. The third-order valence-electron chi connectivity index (χ3n) is 1.43. The van der Waals surface area contributed by atoms with Gasteiger partial charge in [-0.3, -0.25) is 5.41 Å². The number of nitrogens with zero attached hydrogens (tertiary/aromatic N) is 1. The molecule has 0 saturated heterocycles. The van der Waals surface area contributed by atoms with Crippen LogP contribution in [0.3, 0.4) is 0 Å². The maximum absolute atomic E-state index is 7.30. The van der Waals surface area contributed by atoms with Crippen LogP contribution in [0.1, 0.15) is 20.3 Å². The van der Waals surface area contributed by atoms with Gasteiger partial charge in [-0.1, -0.05) is 32.0 Å². The minimum Gasteiger partial charge on any atom is -0.370 e. The summed E-state index contributed by atoms with van der Waals surface area (Å²) >= 11 is 1.37. The molecule has 0 aromatic carbocycles. The maximum Gasteiger partial charge on any atom is 0.193 e. The minimum atomic E-state index is -0.0448. The van der Waals surface area contributed by atoms with Crippen LogP contribution in [0.2, 0.25) is 0 Å². The van der Waals surface area contributed by atoms with E-state index in [0.29, 0.717) is 5.92 Å². The van der Waals surface area contributed by atoms with E-state index in [1.165, 1.54) is 11.8 Å². The van der Waals surface area contributed by atoms with Gasteiger partial charge in [-0.05, 0) is 5.92 Å². The molecule has 70 valence electrons. The van der Waals surface area contributed by atoms with E-state index in [2.05, 4.69) is 18.8 Å². The summed E-state index contributed by atoms with van der Waals surface area (Å²) in [4.78, 5) is 3.60. The van der Waals surface area contributed by atoms with Gasteiger partial charge in [0.2, 0.25) is 0 Å². The number of hydrogen-bond donors (Lipinski definition) is 3. The molecule has 0 aromatic heterocycles. The van der Waals surface area contributed by atoms with Crippen LogP contribution in [0.4, 0.5) is 0 Å². The Labute approximate surface area is 77.3 Å². The lowest BCUT2D eigenvalue weighted by molar-refractivity contribution is 0.638. The molecule has 1 atom stereocenters. The highest BCUT2D eigenvalue weighted by atomic mass is 32.2. The van der Waals surface area contributed by atoms with Gasteiger partial charge in [-0.2, -0.15) is 4.99 Å². The second-order valence-corrected chi connectivity index (χ2v) is 3.67. The molecule has 0 aliphatic heterocycles. The Hall–Kier alpha value is -0.710. The molecule has 0 aliphatic carbocycles. The van der Waals surface area contributed by atoms with Gasteiger partial charge >= 0.3 is 0 Å². The molecule has 5 N–H and O–H groups in total. The molecule has 0 amide bonds. The first-order valence-corrected chi connectivity index (χ1v) is 4.85. The van der Waals surface area contributed by atoms with Crippen molar-refractivity contribution in [3.63, 3.8) is 0 Å². The molecule has 0 fully saturated rings. The highest BCUT2D eigenvalue weighted by molar-refractivity contribution is 8.13. The molecule has 0 radical (unpaired) electrons. The Morgan fingerprint density at radius 3 is 2.58 bits per heavy atom. The first kappa shape index (κ1) is 11.3. The van der Waals surface area contributed by atoms with Gasteiger partial charge in [0.25, 0.3) is 0 Å². The zero-order chi connectivity index (χ0) is 9.56. The Bertz CT molecular complexity index is 174. The van der Waals surface area contributed by atoms with Crippen molar-refractivity contribution in [2.24, 2.45) is 22.4 Å². The largest absolute Gasteiger partial charge is 0.370 e. The fourth-order valence-electron chi connectivity index (χ4n) is 0.489. The summed E-state index contributed by atoms with van der Waals surface area (Å²) in [6.07, 6.45) is 1.11. The fourth-order valence-corrected chi connectivity index (χ4v) is 1.34. The lowest BCUT2D eigenvalue weighted by Crippen LogP contribution is -2.23. The average Bonchev–Trinajstić information content (AvgIpc) is 1.99. The molecule has 0 aliphatic rings. The van der Waals surface area contributed by atoms with Gasteiger partial charge < -0.3 is 11.5 Å². The van der Waals surface area contributed by atoms with Crippen LogP contribution in [0.25, 0.3) is 0 Å². The lowest BCUT2D eigenvalue weighted by atomic mass is 10.2. The van der Waals surface area contributed by atoms with Gasteiger partial charge in [0, 0.05) is 5.75 Å². The van der Waals surface area contributed by atoms with Crippen molar-refractivity contribution in [3.8, 4) is 0 Å². The van der Waals surface area contributed by atoms with E-state index >= 15 is 0 Å². The number of aliphatic imine (C=N–C) groups is 1. The van der Waals surface area contributed by atoms with Gasteiger partial charge in [-0.15, -0.1) is 0 Å². The van der Waals surface area contributed by atoms with Crippen LogP contribution < -0.4 is 11.5 Å². The highest BCUT2D eigenvalue weighted by Gasteiger charge is 2.01. The van der Waals surface area contributed by atoms with Crippen molar-refractivity contribution >= 4 is 22.9 Å². The Morgan fingerprint density at radius 2 is 2.17 bits per heavy atom. The summed E-state index contributed by atoms with van der Waals surface area (Å²) in [5.41, 5.74) is 10.2. The summed E-state index contributed by atoms with van der Waals surface area (Å²) < 4.78 is 0. The van der Waals surface area contributed by atoms with Crippen LogP contribution >= 0.6 is 11.8 Å². The molecular weight excluding hydrogens is 172 g/mol.